The Morgan fingerprint density at radius 2 is 1.41 bits per heavy atom. The highest BCUT2D eigenvalue weighted by molar-refractivity contribution is 6.42. The van der Waals surface area contributed by atoms with Crippen molar-refractivity contribution in [1.82, 2.24) is 0 Å². The molecule has 2 aliphatic heterocycles. The minimum atomic E-state index is -1.03. The highest BCUT2D eigenvalue weighted by Crippen LogP contribution is 2.48. The van der Waals surface area contributed by atoms with Gasteiger partial charge >= 0.3 is 5.97 Å². The number of benzene rings is 4. The van der Waals surface area contributed by atoms with E-state index >= 15 is 0 Å². The number of hydrogen-bond acceptors (Lipinski definition) is 6. The maximum absolute atomic E-state index is 13.8. The molecule has 3 atom stereocenters. The average Bonchev–Trinajstić information content (AvgIpc) is 3.47. The van der Waals surface area contributed by atoms with Gasteiger partial charge in [0.1, 0.15) is 11.7 Å². The van der Waals surface area contributed by atoms with Crippen molar-refractivity contribution in [2.45, 2.75) is 12.1 Å². The Bertz CT molecular complexity index is 1560. The van der Waals surface area contributed by atoms with Crippen LogP contribution < -0.4 is 14.7 Å². The van der Waals surface area contributed by atoms with E-state index in [2.05, 4.69) is 0 Å². The summed E-state index contributed by atoms with van der Waals surface area (Å²) in [4.78, 5) is 47.0. The summed E-state index contributed by atoms with van der Waals surface area (Å²) in [5.41, 5.74) is 2.16. The molecule has 9 heteroatoms. The van der Waals surface area contributed by atoms with Gasteiger partial charge in [0.15, 0.2) is 6.10 Å². The van der Waals surface area contributed by atoms with E-state index in [1.807, 2.05) is 36.4 Å². The average molecular weight is 559 g/mol. The van der Waals surface area contributed by atoms with Crippen LogP contribution in [0, 0.1) is 5.92 Å². The topological polar surface area (TPSA) is 76.2 Å². The summed E-state index contributed by atoms with van der Waals surface area (Å²) in [6.45, 7) is 0. The zero-order chi connectivity index (χ0) is 27.1. The Morgan fingerprint density at radius 1 is 0.744 bits per heavy atom. The normalized spacial score (nSPS) is 20.3. The van der Waals surface area contributed by atoms with Crippen LogP contribution in [-0.2, 0) is 14.4 Å². The fraction of sp³-hybridized carbons (Fsp3) is 0.100. The molecule has 39 heavy (non-hydrogen) atoms. The van der Waals surface area contributed by atoms with Crippen LogP contribution in [-0.4, -0.2) is 23.9 Å². The fourth-order valence-corrected chi connectivity index (χ4v) is 5.20. The number of carbonyl (C=O) groups excluding carboxylic acids is 3. The van der Waals surface area contributed by atoms with Gasteiger partial charge in [-0.05, 0) is 60.2 Å². The van der Waals surface area contributed by atoms with Crippen molar-refractivity contribution in [1.29, 1.82) is 0 Å². The molecule has 0 unspecified atom stereocenters. The Kier molecular flexibility index (Phi) is 6.56. The first-order chi connectivity index (χ1) is 18.9. The standard InChI is InChI=1S/C30H20Cl2N2O5/c31-23-16-13-21(17-24(23)32)33-28(35)25-26(34(39-27(25)29(33)36)20-9-5-2-6-10-20)18-11-14-22(15-12-18)38-30(37)19-7-3-1-4-8-19/h1-17,25-27H/t25-,26+,27+/m0/s1. The molecule has 4 aromatic carbocycles. The van der Waals surface area contributed by atoms with Crippen molar-refractivity contribution in [2.75, 3.05) is 9.96 Å². The van der Waals surface area contributed by atoms with Crippen LogP contribution in [0.4, 0.5) is 11.4 Å². The third-order valence-electron chi connectivity index (χ3n) is 6.73. The Balaban J connectivity index is 1.33. The third kappa shape index (κ3) is 4.55. The van der Waals surface area contributed by atoms with Crippen LogP contribution in [0.2, 0.25) is 10.0 Å². The molecule has 0 aliphatic carbocycles. The fourth-order valence-electron chi connectivity index (χ4n) is 4.90. The van der Waals surface area contributed by atoms with Crippen LogP contribution in [0.5, 0.6) is 5.75 Å². The monoisotopic (exact) mass is 558 g/mol. The smallest absolute Gasteiger partial charge is 0.343 e. The molecule has 2 fully saturated rings. The van der Waals surface area contributed by atoms with E-state index in [1.54, 1.807) is 59.7 Å². The number of ether oxygens (including phenoxy) is 1. The molecule has 6 rings (SSSR count). The molecule has 0 radical (unpaired) electrons. The van der Waals surface area contributed by atoms with Crippen LogP contribution in [0.25, 0.3) is 0 Å². The van der Waals surface area contributed by atoms with Crippen molar-refractivity contribution < 1.29 is 24.0 Å². The number of hydrogen-bond donors (Lipinski definition) is 0. The maximum atomic E-state index is 13.8. The van der Waals surface area contributed by atoms with E-state index in [9.17, 15) is 14.4 Å². The quantitative estimate of drug-likeness (QED) is 0.163. The van der Waals surface area contributed by atoms with E-state index in [0.717, 1.165) is 4.90 Å². The summed E-state index contributed by atoms with van der Waals surface area (Å²) in [5, 5.41) is 2.15. The van der Waals surface area contributed by atoms with Crippen molar-refractivity contribution in [2.24, 2.45) is 5.92 Å². The Labute approximate surface area is 234 Å². The number of halogens is 2. The second-order valence-electron chi connectivity index (χ2n) is 9.09. The molecule has 2 aliphatic rings. The summed E-state index contributed by atoms with van der Waals surface area (Å²) < 4.78 is 5.51. The Hall–Kier alpha value is -4.17. The predicted octanol–water partition coefficient (Wildman–Crippen LogP) is 6.26. The number of carbonyl (C=O) groups is 3. The van der Waals surface area contributed by atoms with E-state index in [1.165, 1.54) is 12.1 Å². The van der Waals surface area contributed by atoms with Crippen molar-refractivity contribution >= 4 is 52.4 Å². The van der Waals surface area contributed by atoms with Gasteiger partial charge in [-0.1, -0.05) is 71.7 Å². The molecular weight excluding hydrogens is 539 g/mol. The van der Waals surface area contributed by atoms with Crippen LogP contribution in [0.3, 0.4) is 0 Å². The first-order valence-corrected chi connectivity index (χ1v) is 12.9. The number of anilines is 2. The van der Waals surface area contributed by atoms with Crippen LogP contribution in [0.1, 0.15) is 22.0 Å². The molecule has 0 spiro atoms. The number of imide groups is 1. The van der Waals surface area contributed by atoms with Gasteiger partial charge < -0.3 is 4.74 Å². The molecule has 7 nitrogen and oxygen atoms in total. The lowest BCUT2D eigenvalue weighted by Crippen LogP contribution is -2.37. The van der Waals surface area contributed by atoms with Crippen molar-refractivity contribution in [3.05, 3.63) is 124 Å². The van der Waals surface area contributed by atoms with Gasteiger partial charge in [0.05, 0.1) is 33.0 Å². The van der Waals surface area contributed by atoms with Crippen LogP contribution in [0.15, 0.2) is 103 Å². The zero-order valence-corrected chi connectivity index (χ0v) is 21.8. The second-order valence-corrected chi connectivity index (χ2v) is 9.91. The SMILES string of the molecule is O=C(Oc1ccc([C@@H]2[C@@H]3C(=O)N(c4ccc(Cl)c(Cl)c4)C(=O)[C@@H]3ON2c2ccccc2)cc1)c1ccccc1. The molecule has 4 aromatic rings. The molecule has 2 heterocycles. The van der Waals surface area contributed by atoms with Gasteiger partial charge in [0.2, 0.25) is 5.91 Å². The number of para-hydroxylation sites is 1. The molecule has 0 saturated carbocycles. The number of nitrogens with zero attached hydrogens (tertiary/aromatic N) is 2. The lowest BCUT2D eigenvalue weighted by Gasteiger charge is -2.29. The Morgan fingerprint density at radius 3 is 2.08 bits per heavy atom. The molecule has 0 bridgehead atoms. The lowest BCUT2D eigenvalue weighted by atomic mass is 9.90. The van der Waals surface area contributed by atoms with Crippen molar-refractivity contribution in [3.8, 4) is 5.75 Å². The number of rotatable bonds is 5. The maximum Gasteiger partial charge on any atom is 0.343 e. The van der Waals surface area contributed by atoms with Crippen LogP contribution >= 0.6 is 23.2 Å². The third-order valence-corrected chi connectivity index (χ3v) is 7.47. The van der Waals surface area contributed by atoms with E-state index in [4.69, 9.17) is 32.8 Å². The molecule has 2 amide bonds. The van der Waals surface area contributed by atoms with Gasteiger partial charge in [-0.15, -0.1) is 0 Å². The first kappa shape index (κ1) is 25.1. The first-order valence-electron chi connectivity index (χ1n) is 12.1. The molecule has 0 N–H and O–H groups in total. The van der Waals surface area contributed by atoms with Crippen molar-refractivity contribution in [3.63, 3.8) is 0 Å². The summed E-state index contributed by atoms with van der Waals surface area (Å²) in [7, 11) is 0. The summed E-state index contributed by atoms with van der Waals surface area (Å²) >= 11 is 12.2. The van der Waals surface area contributed by atoms with Gasteiger partial charge in [0.25, 0.3) is 5.91 Å². The van der Waals surface area contributed by atoms with Gasteiger partial charge in [-0.25, -0.2) is 14.8 Å². The van der Waals surface area contributed by atoms with Gasteiger partial charge in [-0.2, -0.15) is 0 Å². The number of esters is 1. The second kappa shape index (κ2) is 10.2. The summed E-state index contributed by atoms with van der Waals surface area (Å²) in [6, 6.07) is 28.8. The number of fused-ring (bicyclic) bond motifs is 1. The summed E-state index contributed by atoms with van der Waals surface area (Å²) in [6.07, 6.45) is -1.03. The highest BCUT2D eigenvalue weighted by Gasteiger charge is 2.60. The molecule has 2 saturated heterocycles. The van der Waals surface area contributed by atoms with E-state index in [-0.39, 0.29) is 5.02 Å². The molecular formula is C30H20Cl2N2O5. The largest absolute Gasteiger partial charge is 0.423 e. The van der Waals surface area contributed by atoms with E-state index in [0.29, 0.717) is 33.3 Å². The summed E-state index contributed by atoms with van der Waals surface area (Å²) in [5.74, 6) is -1.86. The zero-order valence-electron chi connectivity index (χ0n) is 20.2. The lowest BCUT2D eigenvalue weighted by molar-refractivity contribution is -0.126. The molecule has 194 valence electrons. The number of hydroxylamine groups is 1. The number of amides is 2. The van der Waals surface area contributed by atoms with Gasteiger partial charge in [-0.3, -0.25) is 14.4 Å². The van der Waals surface area contributed by atoms with E-state index < -0.39 is 35.8 Å². The minimum Gasteiger partial charge on any atom is -0.423 e. The minimum absolute atomic E-state index is 0.232. The van der Waals surface area contributed by atoms with Gasteiger partial charge in [0, 0.05) is 0 Å². The molecule has 0 aromatic heterocycles. The highest BCUT2D eigenvalue weighted by atomic mass is 35.5. The predicted molar refractivity (Wildman–Crippen MR) is 147 cm³/mol.